The molecule has 1 aromatic rings. The molecule has 1 rings (SSSR count). The first-order valence-electron chi connectivity index (χ1n) is 5.15. The Hall–Kier alpha value is -1.84. The molecule has 16 heavy (non-hydrogen) atoms. The summed E-state index contributed by atoms with van der Waals surface area (Å²) < 4.78 is 0. The maximum Gasteiger partial charge on any atom is 0.326 e. The predicted octanol–water partition coefficient (Wildman–Crippen LogP) is 1.59. The minimum absolute atomic E-state index is 0.349. The third-order valence-corrected chi connectivity index (χ3v) is 2.29. The average molecular weight is 221 g/mol. The molecule has 0 aliphatic rings. The zero-order valence-electron chi connectivity index (χ0n) is 9.36. The lowest BCUT2D eigenvalue weighted by Crippen LogP contribution is -2.40. The van der Waals surface area contributed by atoms with Gasteiger partial charge in [-0.25, -0.2) is 4.79 Å². The van der Waals surface area contributed by atoms with Gasteiger partial charge in [0.15, 0.2) is 0 Å². The monoisotopic (exact) mass is 221 g/mol. The molecule has 4 nitrogen and oxygen atoms in total. The molecular weight excluding hydrogens is 206 g/mol. The van der Waals surface area contributed by atoms with Crippen LogP contribution >= 0.6 is 0 Å². The molecule has 0 aromatic heterocycles. The van der Waals surface area contributed by atoms with E-state index < -0.39 is 12.0 Å². The van der Waals surface area contributed by atoms with Crippen LogP contribution in [0.5, 0.6) is 0 Å². The Morgan fingerprint density at radius 2 is 2.12 bits per heavy atom. The van der Waals surface area contributed by atoms with E-state index in [4.69, 9.17) is 5.11 Å². The summed E-state index contributed by atoms with van der Waals surface area (Å²) in [4.78, 5) is 22.4. The normalized spacial score (nSPS) is 11.9. The molecule has 1 amide bonds. The lowest BCUT2D eigenvalue weighted by molar-refractivity contribution is -0.139. The first kappa shape index (κ1) is 12.2. The summed E-state index contributed by atoms with van der Waals surface area (Å²) in [6.45, 7) is 3.60. The molecule has 0 bridgehead atoms. The zero-order valence-corrected chi connectivity index (χ0v) is 9.36. The molecule has 0 saturated heterocycles. The van der Waals surface area contributed by atoms with Crippen molar-refractivity contribution in [2.24, 2.45) is 0 Å². The molecule has 0 saturated carbocycles. The van der Waals surface area contributed by atoms with Crippen LogP contribution in [0.3, 0.4) is 0 Å². The van der Waals surface area contributed by atoms with Crippen molar-refractivity contribution in [3.8, 4) is 0 Å². The summed E-state index contributed by atoms with van der Waals surface area (Å²) in [5, 5.41) is 11.3. The van der Waals surface area contributed by atoms with E-state index in [-0.39, 0.29) is 5.91 Å². The number of carbonyl (C=O) groups excluding carboxylic acids is 1. The molecule has 1 aromatic carbocycles. The Labute approximate surface area is 94.3 Å². The van der Waals surface area contributed by atoms with Gasteiger partial charge in [-0.2, -0.15) is 0 Å². The minimum atomic E-state index is -1.01. The fraction of sp³-hybridized carbons (Fsp3) is 0.333. The number of carboxylic acids is 1. The molecule has 0 aliphatic heterocycles. The number of hydrogen-bond acceptors (Lipinski definition) is 2. The number of nitrogens with one attached hydrogen (secondary N) is 1. The highest BCUT2D eigenvalue weighted by atomic mass is 16.4. The molecule has 0 aliphatic carbocycles. The number of rotatable bonds is 4. The molecule has 86 valence electrons. The predicted molar refractivity (Wildman–Crippen MR) is 60.4 cm³/mol. The number of carbonyl (C=O) groups is 2. The number of benzene rings is 1. The van der Waals surface area contributed by atoms with Crippen molar-refractivity contribution in [3.63, 3.8) is 0 Å². The van der Waals surface area contributed by atoms with Gasteiger partial charge in [0.2, 0.25) is 0 Å². The summed E-state index contributed by atoms with van der Waals surface area (Å²) in [6, 6.07) is 6.21. The molecule has 0 heterocycles. The van der Waals surface area contributed by atoms with Crippen molar-refractivity contribution in [2.45, 2.75) is 26.3 Å². The van der Waals surface area contributed by atoms with Crippen molar-refractivity contribution >= 4 is 11.9 Å². The standard InChI is InChI=1S/C12H15NO3/c1-3-10(12(15)16)13-11(14)9-6-4-5-8(2)7-9/h4-7,10H,3H2,1-2H3,(H,13,14)(H,15,16). The summed E-state index contributed by atoms with van der Waals surface area (Å²) in [5.41, 5.74) is 1.45. The van der Waals surface area contributed by atoms with Gasteiger partial charge in [-0.15, -0.1) is 0 Å². The van der Waals surface area contributed by atoms with E-state index in [0.717, 1.165) is 5.56 Å². The Balaban J connectivity index is 2.75. The number of amides is 1. The average Bonchev–Trinajstić information content (AvgIpc) is 2.25. The molecule has 0 radical (unpaired) electrons. The molecule has 4 heteroatoms. The van der Waals surface area contributed by atoms with Crippen molar-refractivity contribution in [1.29, 1.82) is 0 Å². The van der Waals surface area contributed by atoms with E-state index in [2.05, 4.69) is 5.32 Å². The van der Waals surface area contributed by atoms with Gasteiger partial charge in [0.05, 0.1) is 0 Å². The quantitative estimate of drug-likeness (QED) is 0.811. The number of hydrogen-bond donors (Lipinski definition) is 2. The van der Waals surface area contributed by atoms with Crippen LogP contribution in [0.15, 0.2) is 24.3 Å². The highest BCUT2D eigenvalue weighted by Crippen LogP contribution is 2.04. The van der Waals surface area contributed by atoms with Crippen molar-refractivity contribution in [1.82, 2.24) is 5.32 Å². The van der Waals surface area contributed by atoms with Crippen molar-refractivity contribution < 1.29 is 14.7 Å². The van der Waals surface area contributed by atoms with Crippen LogP contribution in [0.25, 0.3) is 0 Å². The van der Waals surface area contributed by atoms with E-state index in [1.807, 2.05) is 13.0 Å². The maximum absolute atomic E-state index is 11.7. The first-order valence-corrected chi connectivity index (χ1v) is 5.15. The number of carboxylic acid groups (broad SMARTS) is 1. The zero-order chi connectivity index (χ0) is 12.1. The van der Waals surface area contributed by atoms with Crippen LogP contribution in [0.1, 0.15) is 29.3 Å². The van der Waals surface area contributed by atoms with Gasteiger partial charge in [-0.3, -0.25) is 4.79 Å². The molecule has 0 fully saturated rings. The van der Waals surface area contributed by atoms with E-state index in [9.17, 15) is 9.59 Å². The SMILES string of the molecule is CCC(NC(=O)c1cccc(C)c1)C(=O)O. The van der Waals surface area contributed by atoms with Gasteiger partial charge in [-0.05, 0) is 25.5 Å². The van der Waals surface area contributed by atoms with Crippen LogP contribution in [0.4, 0.5) is 0 Å². The summed E-state index contributed by atoms with van der Waals surface area (Å²) >= 11 is 0. The van der Waals surface area contributed by atoms with Gasteiger partial charge in [-0.1, -0.05) is 24.6 Å². The third kappa shape index (κ3) is 3.08. The Morgan fingerprint density at radius 1 is 1.44 bits per heavy atom. The van der Waals surface area contributed by atoms with Gasteiger partial charge in [0, 0.05) is 5.56 Å². The summed E-state index contributed by atoms with van der Waals surface area (Å²) in [5.74, 6) is -1.36. The third-order valence-electron chi connectivity index (χ3n) is 2.29. The van der Waals surface area contributed by atoms with Crippen molar-refractivity contribution in [2.75, 3.05) is 0 Å². The topological polar surface area (TPSA) is 66.4 Å². The minimum Gasteiger partial charge on any atom is -0.480 e. The number of aryl methyl sites for hydroxylation is 1. The first-order chi connectivity index (χ1) is 7.54. The van der Waals surface area contributed by atoms with E-state index in [1.54, 1.807) is 25.1 Å². The van der Waals surface area contributed by atoms with Crippen LogP contribution < -0.4 is 5.32 Å². The van der Waals surface area contributed by atoms with Crippen molar-refractivity contribution in [3.05, 3.63) is 35.4 Å². The van der Waals surface area contributed by atoms with E-state index in [0.29, 0.717) is 12.0 Å². The smallest absolute Gasteiger partial charge is 0.326 e. The second kappa shape index (κ2) is 5.30. The van der Waals surface area contributed by atoms with E-state index in [1.165, 1.54) is 0 Å². The summed E-state index contributed by atoms with van der Waals surface area (Å²) in [7, 11) is 0. The van der Waals surface area contributed by atoms with Gasteiger partial charge in [0.1, 0.15) is 6.04 Å². The van der Waals surface area contributed by atoms with Crippen LogP contribution in [-0.2, 0) is 4.79 Å². The maximum atomic E-state index is 11.7. The number of aliphatic carboxylic acids is 1. The Morgan fingerprint density at radius 3 is 2.62 bits per heavy atom. The highest BCUT2D eigenvalue weighted by Gasteiger charge is 2.18. The molecule has 1 unspecified atom stereocenters. The molecular formula is C12H15NO3. The van der Waals surface area contributed by atoms with Crippen LogP contribution in [-0.4, -0.2) is 23.0 Å². The fourth-order valence-corrected chi connectivity index (χ4v) is 1.37. The van der Waals surface area contributed by atoms with E-state index >= 15 is 0 Å². The molecule has 1 atom stereocenters. The second-order valence-electron chi connectivity index (χ2n) is 3.64. The lowest BCUT2D eigenvalue weighted by Gasteiger charge is -2.12. The van der Waals surface area contributed by atoms with Crippen LogP contribution in [0, 0.1) is 6.92 Å². The van der Waals surface area contributed by atoms with Gasteiger partial charge >= 0.3 is 5.97 Å². The lowest BCUT2D eigenvalue weighted by atomic mass is 10.1. The van der Waals surface area contributed by atoms with Gasteiger partial charge in [0.25, 0.3) is 5.91 Å². The molecule has 0 spiro atoms. The largest absolute Gasteiger partial charge is 0.480 e. The highest BCUT2D eigenvalue weighted by molar-refractivity contribution is 5.96. The Bertz CT molecular complexity index is 401. The summed E-state index contributed by atoms with van der Waals surface area (Å²) in [6.07, 6.45) is 0.368. The second-order valence-corrected chi connectivity index (χ2v) is 3.64. The van der Waals surface area contributed by atoms with Crippen LogP contribution in [0.2, 0.25) is 0 Å². The van der Waals surface area contributed by atoms with Gasteiger partial charge < -0.3 is 10.4 Å². The Kier molecular flexibility index (Phi) is 4.05. The molecule has 2 N–H and O–H groups in total. The fourth-order valence-electron chi connectivity index (χ4n) is 1.37.